The van der Waals surface area contributed by atoms with E-state index in [1.165, 1.54) is 0 Å². The standard InChI is InChI=1S/C14H22N2O/c1-5-14(3,4)16-11(2)13(17)15-12-9-7-6-8-10-12/h6-11,16H,5H2,1-4H3,(H,15,17). The molecule has 3 nitrogen and oxygen atoms in total. The molecule has 0 fully saturated rings. The monoisotopic (exact) mass is 234 g/mol. The predicted molar refractivity (Wildman–Crippen MR) is 72.0 cm³/mol. The summed E-state index contributed by atoms with van der Waals surface area (Å²) in [6.45, 7) is 8.18. The Bertz CT molecular complexity index is 360. The number of carbonyl (C=O) groups is 1. The van der Waals surface area contributed by atoms with E-state index < -0.39 is 0 Å². The van der Waals surface area contributed by atoms with Crippen molar-refractivity contribution >= 4 is 11.6 Å². The first-order chi connectivity index (χ1) is 7.94. The van der Waals surface area contributed by atoms with Crippen LogP contribution in [0.25, 0.3) is 0 Å². The van der Waals surface area contributed by atoms with E-state index in [0.29, 0.717) is 0 Å². The van der Waals surface area contributed by atoms with Crippen LogP contribution in [-0.4, -0.2) is 17.5 Å². The highest BCUT2D eigenvalue weighted by Crippen LogP contribution is 2.10. The molecule has 1 rings (SSSR count). The van der Waals surface area contributed by atoms with Gasteiger partial charge in [-0.1, -0.05) is 25.1 Å². The summed E-state index contributed by atoms with van der Waals surface area (Å²) in [5.74, 6) is -0.00211. The summed E-state index contributed by atoms with van der Waals surface area (Å²) in [7, 11) is 0. The van der Waals surface area contributed by atoms with E-state index in [0.717, 1.165) is 12.1 Å². The van der Waals surface area contributed by atoms with Crippen LogP contribution in [-0.2, 0) is 4.79 Å². The molecular weight excluding hydrogens is 212 g/mol. The summed E-state index contributed by atoms with van der Waals surface area (Å²) in [6, 6.07) is 9.31. The van der Waals surface area contributed by atoms with Crippen molar-refractivity contribution in [1.82, 2.24) is 5.32 Å². The SMILES string of the molecule is CCC(C)(C)NC(C)C(=O)Nc1ccccc1. The molecule has 17 heavy (non-hydrogen) atoms. The van der Waals surface area contributed by atoms with Crippen molar-refractivity contribution in [3.8, 4) is 0 Å². The summed E-state index contributed by atoms with van der Waals surface area (Å²) < 4.78 is 0. The molecule has 1 atom stereocenters. The largest absolute Gasteiger partial charge is 0.325 e. The number of hydrogen-bond donors (Lipinski definition) is 2. The molecule has 0 radical (unpaired) electrons. The average molecular weight is 234 g/mol. The molecule has 1 unspecified atom stereocenters. The summed E-state index contributed by atoms with van der Waals surface area (Å²) in [6.07, 6.45) is 0.982. The van der Waals surface area contributed by atoms with Crippen LogP contribution >= 0.6 is 0 Å². The Morgan fingerprint density at radius 3 is 2.41 bits per heavy atom. The number of para-hydroxylation sites is 1. The quantitative estimate of drug-likeness (QED) is 0.822. The topological polar surface area (TPSA) is 41.1 Å². The van der Waals surface area contributed by atoms with Crippen LogP contribution in [0, 0.1) is 0 Å². The third-order valence-electron chi connectivity index (χ3n) is 2.93. The first-order valence-corrected chi connectivity index (χ1v) is 6.08. The maximum atomic E-state index is 11.9. The molecule has 1 aromatic rings. The molecule has 1 amide bonds. The number of anilines is 1. The zero-order chi connectivity index (χ0) is 12.9. The van der Waals surface area contributed by atoms with Crippen LogP contribution in [0.1, 0.15) is 34.1 Å². The van der Waals surface area contributed by atoms with Crippen LogP contribution in [0.3, 0.4) is 0 Å². The smallest absolute Gasteiger partial charge is 0.241 e. The lowest BCUT2D eigenvalue weighted by Crippen LogP contribution is -2.49. The van der Waals surface area contributed by atoms with Gasteiger partial charge in [0.05, 0.1) is 6.04 Å². The van der Waals surface area contributed by atoms with Crippen molar-refractivity contribution in [3.05, 3.63) is 30.3 Å². The third-order valence-corrected chi connectivity index (χ3v) is 2.93. The van der Waals surface area contributed by atoms with Gasteiger partial charge in [0.25, 0.3) is 0 Å². The highest BCUT2D eigenvalue weighted by Gasteiger charge is 2.21. The zero-order valence-electron chi connectivity index (χ0n) is 11.1. The molecule has 0 aliphatic heterocycles. The molecule has 94 valence electrons. The van der Waals surface area contributed by atoms with Gasteiger partial charge in [-0.3, -0.25) is 4.79 Å². The van der Waals surface area contributed by atoms with Crippen molar-refractivity contribution in [2.75, 3.05) is 5.32 Å². The molecule has 0 aliphatic carbocycles. The molecule has 0 aliphatic rings. The number of hydrogen-bond acceptors (Lipinski definition) is 2. The van der Waals surface area contributed by atoms with Crippen molar-refractivity contribution in [3.63, 3.8) is 0 Å². The number of benzene rings is 1. The summed E-state index contributed by atoms with van der Waals surface area (Å²) in [5, 5.41) is 6.20. The van der Waals surface area contributed by atoms with Gasteiger partial charge in [0, 0.05) is 11.2 Å². The fraction of sp³-hybridized carbons (Fsp3) is 0.500. The lowest BCUT2D eigenvalue weighted by Gasteiger charge is -2.28. The Labute approximate surface area is 104 Å². The highest BCUT2D eigenvalue weighted by molar-refractivity contribution is 5.94. The lowest BCUT2D eigenvalue weighted by molar-refractivity contribution is -0.118. The van der Waals surface area contributed by atoms with Crippen molar-refractivity contribution in [2.45, 2.75) is 45.7 Å². The molecule has 0 heterocycles. The van der Waals surface area contributed by atoms with Gasteiger partial charge in [0.1, 0.15) is 0 Å². The molecule has 0 aromatic heterocycles. The molecule has 1 aromatic carbocycles. The first kappa shape index (κ1) is 13.7. The second kappa shape index (κ2) is 5.82. The van der Waals surface area contributed by atoms with E-state index in [4.69, 9.17) is 0 Å². The molecule has 0 spiro atoms. The molecular formula is C14H22N2O. The van der Waals surface area contributed by atoms with Crippen LogP contribution < -0.4 is 10.6 Å². The number of rotatable bonds is 5. The number of carbonyl (C=O) groups excluding carboxylic acids is 1. The second-order valence-electron chi connectivity index (χ2n) is 4.96. The van der Waals surface area contributed by atoms with Gasteiger partial charge < -0.3 is 10.6 Å². The zero-order valence-corrected chi connectivity index (χ0v) is 11.1. The van der Waals surface area contributed by atoms with Crippen LogP contribution in [0.2, 0.25) is 0 Å². The number of amides is 1. The third kappa shape index (κ3) is 4.57. The second-order valence-corrected chi connectivity index (χ2v) is 4.96. The van der Waals surface area contributed by atoms with Crippen LogP contribution in [0.5, 0.6) is 0 Å². The van der Waals surface area contributed by atoms with Gasteiger partial charge in [0.2, 0.25) is 5.91 Å². The van der Waals surface area contributed by atoms with Gasteiger partial charge in [0.15, 0.2) is 0 Å². The van der Waals surface area contributed by atoms with E-state index in [9.17, 15) is 4.79 Å². The van der Waals surface area contributed by atoms with E-state index in [2.05, 4.69) is 31.4 Å². The minimum Gasteiger partial charge on any atom is -0.325 e. The van der Waals surface area contributed by atoms with E-state index >= 15 is 0 Å². The van der Waals surface area contributed by atoms with E-state index in [1.807, 2.05) is 37.3 Å². The highest BCUT2D eigenvalue weighted by atomic mass is 16.2. The van der Waals surface area contributed by atoms with Gasteiger partial charge in [-0.25, -0.2) is 0 Å². The van der Waals surface area contributed by atoms with Gasteiger partial charge in [-0.2, -0.15) is 0 Å². The molecule has 0 saturated heterocycles. The maximum absolute atomic E-state index is 11.9. The van der Waals surface area contributed by atoms with Crippen molar-refractivity contribution in [2.24, 2.45) is 0 Å². The van der Waals surface area contributed by atoms with Gasteiger partial charge in [-0.05, 0) is 39.3 Å². The van der Waals surface area contributed by atoms with E-state index in [1.54, 1.807) is 0 Å². The average Bonchev–Trinajstić information content (AvgIpc) is 2.30. The van der Waals surface area contributed by atoms with Crippen molar-refractivity contribution in [1.29, 1.82) is 0 Å². The predicted octanol–water partition coefficient (Wildman–Crippen LogP) is 2.79. The lowest BCUT2D eigenvalue weighted by atomic mass is 10.0. The molecule has 0 bridgehead atoms. The fourth-order valence-corrected chi connectivity index (χ4v) is 1.53. The minimum atomic E-state index is -0.204. The van der Waals surface area contributed by atoms with Gasteiger partial charge in [-0.15, -0.1) is 0 Å². The Balaban J connectivity index is 2.54. The van der Waals surface area contributed by atoms with Gasteiger partial charge >= 0.3 is 0 Å². The molecule has 3 heteroatoms. The van der Waals surface area contributed by atoms with Crippen LogP contribution in [0.4, 0.5) is 5.69 Å². The summed E-state index contributed by atoms with van der Waals surface area (Å²) in [4.78, 5) is 11.9. The Morgan fingerprint density at radius 1 is 1.29 bits per heavy atom. The molecule has 2 N–H and O–H groups in total. The Hall–Kier alpha value is -1.35. The minimum absolute atomic E-state index is 0.00211. The summed E-state index contributed by atoms with van der Waals surface area (Å²) in [5.41, 5.74) is 0.813. The Kier molecular flexibility index (Phi) is 4.70. The Morgan fingerprint density at radius 2 is 1.88 bits per heavy atom. The van der Waals surface area contributed by atoms with Crippen LogP contribution in [0.15, 0.2) is 30.3 Å². The normalized spacial score (nSPS) is 13.2. The first-order valence-electron chi connectivity index (χ1n) is 6.08. The van der Waals surface area contributed by atoms with Crippen molar-refractivity contribution < 1.29 is 4.79 Å². The maximum Gasteiger partial charge on any atom is 0.241 e. The summed E-state index contributed by atoms with van der Waals surface area (Å²) >= 11 is 0. The fourth-order valence-electron chi connectivity index (χ4n) is 1.53. The molecule has 0 saturated carbocycles. The number of nitrogens with one attached hydrogen (secondary N) is 2. The van der Waals surface area contributed by atoms with E-state index in [-0.39, 0.29) is 17.5 Å².